The molecule has 0 saturated carbocycles. The van der Waals surface area contributed by atoms with Gasteiger partial charge >= 0.3 is 0 Å². The summed E-state index contributed by atoms with van der Waals surface area (Å²) in [6.07, 6.45) is 0. The van der Waals surface area contributed by atoms with E-state index in [0.29, 0.717) is 41.1 Å². The molecule has 3 rings (SSSR count). The Bertz CT molecular complexity index is 1110. The second kappa shape index (κ2) is 9.03. The van der Waals surface area contributed by atoms with Gasteiger partial charge in [0, 0.05) is 18.7 Å². The largest absolute Gasteiger partial charge is 0.497 e. The van der Waals surface area contributed by atoms with Crippen LogP contribution in [0, 0.1) is 13.8 Å². The molecule has 30 heavy (non-hydrogen) atoms. The number of benzene rings is 2. The number of methoxy groups -OCH3 is 1. The average Bonchev–Trinajstić information content (AvgIpc) is 2.73. The van der Waals surface area contributed by atoms with E-state index in [0.717, 1.165) is 11.1 Å². The molecule has 0 aliphatic heterocycles. The fourth-order valence-corrected chi connectivity index (χ4v) is 3.54. The molecular formula is C24H27NO5. The van der Waals surface area contributed by atoms with Crippen molar-refractivity contribution in [3.8, 4) is 22.8 Å². The van der Waals surface area contributed by atoms with Gasteiger partial charge in [0.25, 0.3) is 5.91 Å². The maximum absolute atomic E-state index is 13.4. The lowest BCUT2D eigenvalue weighted by Gasteiger charge is -2.19. The van der Waals surface area contributed by atoms with Crippen LogP contribution in [0.15, 0.2) is 45.6 Å². The zero-order chi connectivity index (χ0) is 21.8. The summed E-state index contributed by atoms with van der Waals surface area (Å²) < 4.78 is 17.2. The molecule has 0 saturated heterocycles. The first-order valence-electron chi connectivity index (χ1n) is 10.0. The lowest BCUT2D eigenvalue weighted by molar-refractivity contribution is -0.132. The molecular weight excluding hydrogens is 382 g/mol. The number of likely N-dealkylation sites (N-methyl/N-ethyl adjacent to an activating group) is 1. The van der Waals surface area contributed by atoms with Crippen molar-refractivity contribution in [2.45, 2.75) is 27.7 Å². The van der Waals surface area contributed by atoms with Crippen molar-refractivity contribution in [1.29, 1.82) is 0 Å². The summed E-state index contributed by atoms with van der Waals surface area (Å²) in [7, 11) is 1.59. The first-order valence-corrected chi connectivity index (χ1v) is 10.0. The molecule has 6 heteroatoms. The number of carbonyl (C=O) groups excluding carboxylic acids is 1. The first kappa shape index (κ1) is 21.4. The van der Waals surface area contributed by atoms with Gasteiger partial charge < -0.3 is 18.8 Å². The van der Waals surface area contributed by atoms with E-state index in [-0.39, 0.29) is 23.7 Å². The van der Waals surface area contributed by atoms with Crippen molar-refractivity contribution in [1.82, 2.24) is 4.90 Å². The van der Waals surface area contributed by atoms with Crippen molar-refractivity contribution in [2.75, 3.05) is 26.8 Å². The third-order valence-electron chi connectivity index (χ3n) is 5.10. The van der Waals surface area contributed by atoms with Crippen LogP contribution in [0.3, 0.4) is 0 Å². The van der Waals surface area contributed by atoms with Crippen molar-refractivity contribution in [2.24, 2.45) is 0 Å². The highest BCUT2D eigenvalue weighted by Gasteiger charge is 2.21. The van der Waals surface area contributed by atoms with Crippen molar-refractivity contribution in [3.05, 3.63) is 57.7 Å². The number of nitrogens with zero attached hydrogens (tertiary/aromatic N) is 1. The van der Waals surface area contributed by atoms with Gasteiger partial charge in [0.1, 0.15) is 11.3 Å². The fourth-order valence-electron chi connectivity index (χ4n) is 3.54. The fraction of sp³-hybridized carbons (Fsp3) is 0.333. The van der Waals surface area contributed by atoms with Gasteiger partial charge in [0.2, 0.25) is 11.2 Å². The number of fused-ring (bicyclic) bond motifs is 1. The second-order valence-electron chi connectivity index (χ2n) is 7.13. The molecule has 0 unspecified atom stereocenters. The van der Waals surface area contributed by atoms with E-state index in [2.05, 4.69) is 0 Å². The van der Waals surface area contributed by atoms with Crippen molar-refractivity contribution < 1.29 is 18.7 Å². The second-order valence-corrected chi connectivity index (χ2v) is 7.13. The van der Waals surface area contributed by atoms with E-state index < -0.39 is 0 Å². The number of hydrogen-bond acceptors (Lipinski definition) is 5. The van der Waals surface area contributed by atoms with Gasteiger partial charge in [-0.05, 0) is 69.2 Å². The summed E-state index contributed by atoms with van der Waals surface area (Å²) in [5.74, 6) is 0.848. The van der Waals surface area contributed by atoms with E-state index in [1.807, 2.05) is 39.8 Å². The number of carbonyl (C=O) groups is 1. The minimum atomic E-state index is -0.285. The van der Waals surface area contributed by atoms with Gasteiger partial charge in [0.15, 0.2) is 12.4 Å². The van der Waals surface area contributed by atoms with E-state index >= 15 is 0 Å². The smallest absolute Gasteiger partial charge is 0.260 e. The van der Waals surface area contributed by atoms with Gasteiger partial charge in [-0.2, -0.15) is 0 Å². The first-order chi connectivity index (χ1) is 14.4. The molecule has 0 atom stereocenters. The van der Waals surface area contributed by atoms with Crippen LogP contribution in [0.25, 0.3) is 22.3 Å². The Kier molecular flexibility index (Phi) is 6.45. The molecule has 0 radical (unpaired) electrons. The standard InChI is InChI=1S/C24H27NO5/c1-6-25(7-2)20(26)14-29-24-22(27)21-16(4)12-15(3)13-19(21)30-23(24)17-8-10-18(28-5)11-9-17/h8-13H,6-7,14H2,1-5H3. The van der Waals surface area contributed by atoms with Gasteiger partial charge in [-0.3, -0.25) is 9.59 Å². The topological polar surface area (TPSA) is 69.0 Å². The molecule has 1 heterocycles. The minimum Gasteiger partial charge on any atom is -0.497 e. The molecule has 2 aromatic carbocycles. The van der Waals surface area contributed by atoms with E-state index in [9.17, 15) is 9.59 Å². The maximum Gasteiger partial charge on any atom is 0.260 e. The molecule has 0 bridgehead atoms. The lowest BCUT2D eigenvalue weighted by Crippen LogP contribution is -2.35. The number of ether oxygens (including phenoxy) is 2. The predicted octanol–water partition coefficient (Wildman–Crippen LogP) is 4.33. The van der Waals surface area contributed by atoms with Crippen LogP contribution in [0.1, 0.15) is 25.0 Å². The summed E-state index contributed by atoms with van der Waals surface area (Å²) in [5.41, 5.74) is 2.67. The monoisotopic (exact) mass is 409 g/mol. The number of amides is 1. The number of rotatable bonds is 7. The maximum atomic E-state index is 13.4. The molecule has 0 N–H and O–H groups in total. The summed E-state index contributed by atoms with van der Waals surface area (Å²) in [5, 5.41) is 0.461. The van der Waals surface area contributed by atoms with Gasteiger partial charge in [0.05, 0.1) is 12.5 Å². The Labute approximate surface area is 176 Å². The Morgan fingerprint density at radius 3 is 2.33 bits per heavy atom. The molecule has 3 aromatic rings. The molecule has 0 aliphatic carbocycles. The minimum absolute atomic E-state index is 0.0418. The molecule has 6 nitrogen and oxygen atoms in total. The average molecular weight is 409 g/mol. The SMILES string of the molecule is CCN(CC)C(=O)COc1c(-c2ccc(OC)cc2)oc2cc(C)cc(C)c2c1=O. The van der Waals surface area contributed by atoms with Crippen molar-refractivity contribution >= 4 is 16.9 Å². The molecule has 1 amide bonds. The highest BCUT2D eigenvalue weighted by molar-refractivity contribution is 5.86. The van der Waals surface area contributed by atoms with Crippen LogP contribution in [-0.2, 0) is 4.79 Å². The quantitative estimate of drug-likeness (QED) is 0.581. The summed E-state index contributed by atoms with van der Waals surface area (Å²) in [6, 6.07) is 10.9. The summed E-state index contributed by atoms with van der Waals surface area (Å²) >= 11 is 0. The Balaban J connectivity index is 2.15. The Hall–Kier alpha value is -3.28. The van der Waals surface area contributed by atoms with Gasteiger partial charge in [-0.15, -0.1) is 0 Å². The summed E-state index contributed by atoms with van der Waals surface area (Å²) in [6.45, 7) is 8.55. The molecule has 158 valence electrons. The van der Waals surface area contributed by atoms with Crippen LogP contribution in [-0.4, -0.2) is 37.6 Å². The molecule has 1 aromatic heterocycles. The summed E-state index contributed by atoms with van der Waals surface area (Å²) in [4.78, 5) is 27.5. The Morgan fingerprint density at radius 1 is 1.07 bits per heavy atom. The normalized spacial score (nSPS) is 10.8. The number of hydrogen-bond donors (Lipinski definition) is 0. The zero-order valence-corrected chi connectivity index (χ0v) is 18.1. The number of aryl methyl sites for hydroxylation is 2. The van der Waals surface area contributed by atoms with Crippen LogP contribution in [0.4, 0.5) is 0 Å². The third-order valence-corrected chi connectivity index (χ3v) is 5.10. The lowest BCUT2D eigenvalue weighted by atomic mass is 10.0. The van der Waals surface area contributed by atoms with Gasteiger partial charge in [-0.25, -0.2) is 0 Å². The van der Waals surface area contributed by atoms with E-state index in [1.54, 1.807) is 36.3 Å². The molecule has 0 spiro atoms. The third kappa shape index (κ3) is 4.17. The van der Waals surface area contributed by atoms with Crippen LogP contribution < -0.4 is 14.9 Å². The highest BCUT2D eigenvalue weighted by atomic mass is 16.5. The molecule has 0 aliphatic rings. The highest BCUT2D eigenvalue weighted by Crippen LogP contribution is 2.33. The van der Waals surface area contributed by atoms with E-state index in [4.69, 9.17) is 13.9 Å². The van der Waals surface area contributed by atoms with E-state index in [1.165, 1.54) is 0 Å². The van der Waals surface area contributed by atoms with Crippen LogP contribution in [0.2, 0.25) is 0 Å². The van der Waals surface area contributed by atoms with Crippen LogP contribution >= 0.6 is 0 Å². The van der Waals surface area contributed by atoms with Crippen molar-refractivity contribution in [3.63, 3.8) is 0 Å². The zero-order valence-electron chi connectivity index (χ0n) is 18.1. The Morgan fingerprint density at radius 2 is 1.73 bits per heavy atom. The molecule has 0 fully saturated rings. The van der Waals surface area contributed by atoms with Crippen LogP contribution in [0.5, 0.6) is 11.5 Å². The van der Waals surface area contributed by atoms with Gasteiger partial charge in [-0.1, -0.05) is 6.07 Å². The predicted molar refractivity (Wildman–Crippen MR) is 117 cm³/mol.